The van der Waals surface area contributed by atoms with Gasteiger partial charge in [-0.15, -0.1) is 0 Å². The predicted octanol–water partition coefficient (Wildman–Crippen LogP) is 3.85. The van der Waals surface area contributed by atoms with Gasteiger partial charge in [0.25, 0.3) is 0 Å². The van der Waals surface area contributed by atoms with Gasteiger partial charge in [0.05, 0.1) is 5.56 Å². The van der Waals surface area contributed by atoms with Crippen LogP contribution in [0.15, 0.2) is 34.9 Å². The Morgan fingerprint density at radius 1 is 1.31 bits per heavy atom. The van der Waals surface area contributed by atoms with E-state index >= 15 is 0 Å². The molecule has 3 rings (SSSR count). The van der Waals surface area contributed by atoms with Crippen LogP contribution < -0.4 is 5.32 Å². The van der Waals surface area contributed by atoms with Crippen molar-refractivity contribution in [2.24, 2.45) is 5.92 Å². The molecule has 8 heteroatoms. The van der Waals surface area contributed by atoms with Crippen LogP contribution >= 0.6 is 0 Å². The molecule has 1 saturated heterocycles. The number of aryl methyl sites for hydroxylation is 1. The number of carbonyl (C=O) groups is 1. The number of likely N-dealkylation sites (tertiary alicyclic amines) is 1. The van der Waals surface area contributed by atoms with Gasteiger partial charge in [-0.05, 0) is 44.5 Å². The van der Waals surface area contributed by atoms with E-state index in [1.54, 1.807) is 19.1 Å². The molecule has 1 amide bonds. The maximum atomic E-state index is 13.1. The van der Waals surface area contributed by atoms with E-state index in [-0.39, 0.29) is 23.9 Å². The highest BCUT2D eigenvalue weighted by atomic mass is 19.4. The molecule has 0 spiro atoms. The van der Waals surface area contributed by atoms with Crippen LogP contribution in [0.4, 0.5) is 19.0 Å². The number of rotatable bonds is 4. The van der Waals surface area contributed by atoms with Crippen molar-refractivity contribution in [3.8, 4) is 0 Å². The topological polar surface area (TPSA) is 58.4 Å². The van der Waals surface area contributed by atoms with Crippen LogP contribution in [-0.2, 0) is 17.5 Å². The Morgan fingerprint density at radius 3 is 2.62 bits per heavy atom. The first-order valence-electron chi connectivity index (χ1n) is 8.44. The van der Waals surface area contributed by atoms with Gasteiger partial charge in [0.1, 0.15) is 5.76 Å². The van der Waals surface area contributed by atoms with E-state index in [0.29, 0.717) is 37.5 Å². The molecular formula is C18H20F3N3O2. The minimum absolute atomic E-state index is 0.131. The Bertz CT molecular complexity index is 765. The summed E-state index contributed by atoms with van der Waals surface area (Å²) >= 11 is 0. The predicted molar refractivity (Wildman–Crippen MR) is 89.3 cm³/mol. The lowest BCUT2D eigenvalue weighted by atomic mass is 9.95. The normalized spacial score (nSPS) is 16.6. The zero-order chi connectivity index (χ0) is 18.7. The standard InChI is InChI=1S/C18H20F3N3O2/c1-12-10-16(23-26-12)22-17(25)13-6-8-24(9-7-13)11-14-4-2-3-5-15(14)18(19,20)21/h2-5,10,13H,6-9,11H2,1H3,(H,22,23,25). The lowest BCUT2D eigenvalue weighted by molar-refractivity contribution is -0.138. The Balaban J connectivity index is 1.55. The van der Waals surface area contributed by atoms with Crippen molar-refractivity contribution in [3.63, 3.8) is 0 Å². The number of aromatic nitrogens is 1. The van der Waals surface area contributed by atoms with Crippen LogP contribution in [0.3, 0.4) is 0 Å². The summed E-state index contributed by atoms with van der Waals surface area (Å²) < 4.78 is 44.2. The second-order valence-electron chi connectivity index (χ2n) is 6.52. The lowest BCUT2D eigenvalue weighted by Crippen LogP contribution is -2.38. The van der Waals surface area contributed by atoms with Crippen LogP contribution in [0.25, 0.3) is 0 Å². The van der Waals surface area contributed by atoms with Crippen LogP contribution in [0.1, 0.15) is 29.7 Å². The minimum Gasteiger partial charge on any atom is -0.360 e. The van der Waals surface area contributed by atoms with Crippen molar-refractivity contribution in [1.29, 1.82) is 0 Å². The summed E-state index contributed by atoms with van der Waals surface area (Å²) in [5.41, 5.74) is -0.331. The van der Waals surface area contributed by atoms with Gasteiger partial charge < -0.3 is 9.84 Å². The summed E-state index contributed by atoms with van der Waals surface area (Å²) in [5, 5.41) is 6.45. The SMILES string of the molecule is Cc1cc(NC(=O)C2CCN(Cc3ccccc3C(F)(F)F)CC2)no1. The second-order valence-corrected chi connectivity index (χ2v) is 6.52. The summed E-state index contributed by atoms with van der Waals surface area (Å²) in [5.74, 6) is 0.683. The molecule has 1 aromatic carbocycles. The molecule has 140 valence electrons. The third kappa shape index (κ3) is 4.43. The molecule has 2 heterocycles. The number of hydrogen-bond donors (Lipinski definition) is 1. The first-order valence-corrected chi connectivity index (χ1v) is 8.44. The smallest absolute Gasteiger partial charge is 0.360 e. The zero-order valence-corrected chi connectivity index (χ0v) is 14.3. The highest BCUT2D eigenvalue weighted by Gasteiger charge is 2.34. The van der Waals surface area contributed by atoms with E-state index in [1.165, 1.54) is 12.1 Å². The number of amides is 1. The Labute approximate surface area is 149 Å². The van der Waals surface area contributed by atoms with Gasteiger partial charge in [0.15, 0.2) is 5.82 Å². The molecule has 0 radical (unpaired) electrons. The Morgan fingerprint density at radius 2 is 2.00 bits per heavy atom. The molecule has 0 bridgehead atoms. The van der Waals surface area contributed by atoms with Crippen LogP contribution in [0, 0.1) is 12.8 Å². The number of hydrogen-bond acceptors (Lipinski definition) is 4. The summed E-state index contributed by atoms with van der Waals surface area (Å²) in [6, 6.07) is 7.27. The van der Waals surface area contributed by atoms with Crippen molar-refractivity contribution in [2.45, 2.75) is 32.5 Å². The van der Waals surface area contributed by atoms with Crippen molar-refractivity contribution in [2.75, 3.05) is 18.4 Å². The summed E-state index contributed by atoms with van der Waals surface area (Å²) in [6.45, 7) is 3.11. The second kappa shape index (κ2) is 7.49. The summed E-state index contributed by atoms with van der Waals surface area (Å²) in [4.78, 5) is 14.2. The van der Waals surface area contributed by atoms with Gasteiger partial charge in [-0.1, -0.05) is 23.4 Å². The fourth-order valence-corrected chi connectivity index (χ4v) is 3.18. The number of nitrogens with zero attached hydrogens (tertiary/aromatic N) is 2. The number of benzene rings is 1. The molecule has 1 fully saturated rings. The molecule has 2 aromatic rings. The van der Waals surface area contributed by atoms with Gasteiger partial charge in [0, 0.05) is 18.5 Å². The molecule has 5 nitrogen and oxygen atoms in total. The van der Waals surface area contributed by atoms with E-state index in [2.05, 4.69) is 10.5 Å². The first-order chi connectivity index (χ1) is 12.3. The largest absolute Gasteiger partial charge is 0.416 e. The number of nitrogens with one attached hydrogen (secondary N) is 1. The van der Waals surface area contributed by atoms with Gasteiger partial charge in [0.2, 0.25) is 5.91 Å². The summed E-state index contributed by atoms with van der Waals surface area (Å²) in [7, 11) is 0. The molecule has 1 aliphatic heterocycles. The molecule has 1 N–H and O–H groups in total. The molecule has 1 aromatic heterocycles. The highest BCUT2D eigenvalue weighted by Crippen LogP contribution is 2.33. The summed E-state index contributed by atoms with van der Waals surface area (Å²) in [6.07, 6.45) is -3.17. The Hall–Kier alpha value is -2.35. The van der Waals surface area contributed by atoms with E-state index < -0.39 is 11.7 Å². The van der Waals surface area contributed by atoms with E-state index in [1.807, 2.05) is 4.90 Å². The minimum atomic E-state index is -4.36. The van der Waals surface area contributed by atoms with Crippen LogP contribution in [0.2, 0.25) is 0 Å². The molecule has 26 heavy (non-hydrogen) atoms. The molecule has 0 aliphatic carbocycles. The van der Waals surface area contributed by atoms with Crippen molar-refractivity contribution in [1.82, 2.24) is 10.1 Å². The quantitative estimate of drug-likeness (QED) is 0.892. The number of carbonyl (C=O) groups excluding carboxylic acids is 1. The third-order valence-corrected chi connectivity index (χ3v) is 4.55. The fourth-order valence-electron chi connectivity index (χ4n) is 3.18. The number of anilines is 1. The van der Waals surface area contributed by atoms with Crippen molar-refractivity contribution >= 4 is 11.7 Å². The Kier molecular flexibility index (Phi) is 5.31. The van der Waals surface area contributed by atoms with Crippen LogP contribution in [-0.4, -0.2) is 29.1 Å². The highest BCUT2D eigenvalue weighted by molar-refractivity contribution is 5.91. The monoisotopic (exact) mass is 367 g/mol. The molecular weight excluding hydrogens is 347 g/mol. The van der Waals surface area contributed by atoms with E-state index in [0.717, 1.165) is 6.07 Å². The van der Waals surface area contributed by atoms with Crippen molar-refractivity contribution < 1.29 is 22.5 Å². The van der Waals surface area contributed by atoms with E-state index in [9.17, 15) is 18.0 Å². The van der Waals surface area contributed by atoms with Gasteiger partial charge in [-0.25, -0.2) is 0 Å². The molecule has 0 unspecified atom stereocenters. The number of piperidine rings is 1. The van der Waals surface area contributed by atoms with Gasteiger partial charge in [-0.2, -0.15) is 13.2 Å². The maximum absolute atomic E-state index is 13.1. The van der Waals surface area contributed by atoms with E-state index in [4.69, 9.17) is 4.52 Å². The fraction of sp³-hybridized carbons (Fsp3) is 0.444. The van der Waals surface area contributed by atoms with Gasteiger partial charge in [-0.3, -0.25) is 9.69 Å². The zero-order valence-electron chi connectivity index (χ0n) is 14.3. The third-order valence-electron chi connectivity index (χ3n) is 4.55. The van der Waals surface area contributed by atoms with Crippen molar-refractivity contribution in [3.05, 3.63) is 47.2 Å². The van der Waals surface area contributed by atoms with Crippen LogP contribution in [0.5, 0.6) is 0 Å². The average molecular weight is 367 g/mol. The maximum Gasteiger partial charge on any atom is 0.416 e. The van der Waals surface area contributed by atoms with Gasteiger partial charge >= 0.3 is 6.18 Å². The lowest BCUT2D eigenvalue weighted by Gasteiger charge is -2.31. The molecule has 1 aliphatic rings. The first kappa shape index (κ1) is 18.4. The average Bonchev–Trinajstić information content (AvgIpc) is 3.00. The number of alkyl halides is 3. The molecule has 0 saturated carbocycles. The molecule has 0 atom stereocenters. The number of halogens is 3.